The lowest BCUT2D eigenvalue weighted by atomic mass is 9.95. The van der Waals surface area contributed by atoms with Crippen molar-refractivity contribution >= 4 is 17.8 Å². The second kappa shape index (κ2) is 11.1. The van der Waals surface area contributed by atoms with E-state index >= 15 is 0 Å². The molecule has 0 saturated carbocycles. The molecule has 0 fully saturated rings. The average Bonchev–Trinajstić information content (AvgIpc) is 2.28. The molecule has 0 spiro atoms. The first-order valence-electron chi connectivity index (χ1n) is 5.76. The molecule has 0 aliphatic rings. The molecular formula is C10H22N4O6. The van der Waals surface area contributed by atoms with Crippen LogP contribution >= 0.6 is 0 Å². The Kier molecular flexibility index (Phi) is 11.4. The number of carbonyl (C=O) groups excluding carboxylic acids is 1. The van der Waals surface area contributed by atoms with Crippen molar-refractivity contribution in [3.05, 3.63) is 0 Å². The number of hydrogen-bond donors (Lipinski definition) is 7. The van der Waals surface area contributed by atoms with Gasteiger partial charge in [0.15, 0.2) is 5.60 Å². The van der Waals surface area contributed by atoms with Crippen molar-refractivity contribution in [3.8, 4) is 0 Å². The van der Waals surface area contributed by atoms with Gasteiger partial charge in [-0.3, -0.25) is 9.59 Å². The van der Waals surface area contributed by atoms with Gasteiger partial charge in [0.1, 0.15) is 0 Å². The number of primary amides is 1. The van der Waals surface area contributed by atoms with Gasteiger partial charge in [-0.15, -0.1) is 0 Å². The Morgan fingerprint density at radius 3 is 1.70 bits per heavy atom. The predicted molar refractivity (Wildman–Crippen MR) is 69.6 cm³/mol. The van der Waals surface area contributed by atoms with Crippen molar-refractivity contribution in [2.24, 2.45) is 17.2 Å². The predicted octanol–water partition coefficient (Wildman–Crippen LogP) is -3.35. The topological polar surface area (TPSA) is 202 Å². The number of carboxylic acid groups (broad SMARTS) is 2. The molecule has 0 aliphatic heterocycles. The molecule has 0 heterocycles. The van der Waals surface area contributed by atoms with Crippen LogP contribution in [0.1, 0.15) is 12.8 Å². The van der Waals surface area contributed by atoms with E-state index < -0.39 is 36.3 Å². The van der Waals surface area contributed by atoms with Crippen LogP contribution in [0.15, 0.2) is 0 Å². The summed E-state index contributed by atoms with van der Waals surface area (Å²) in [5.41, 5.74) is 12.4. The van der Waals surface area contributed by atoms with Crippen LogP contribution < -0.4 is 22.5 Å². The minimum Gasteiger partial charge on any atom is -0.481 e. The van der Waals surface area contributed by atoms with Crippen LogP contribution in [0.2, 0.25) is 0 Å². The first-order chi connectivity index (χ1) is 9.19. The lowest BCUT2D eigenvalue weighted by Gasteiger charge is -2.18. The molecule has 1 atom stereocenters. The Balaban J connectivity index is 0. The van der Waals surface area contributed by atoms with E-state index in [0.717, 1.165) is 13.1 Å². The molecule has 0 rings (SSSR count). The van der Waals surface area contributed by atoms with E-state index in [9.17, 15) is 14.4 Å². The Morgan fingerprint density at radius 1 is 1.00 bits per heavy atom. The van der Waals surface area contributed by atoms with Gasteiger partial charge in [0.25, 0.3) is 0 Å². The summed E-state index contributed by atoms with van der Waals surface area (Å²) in [5, 5.41) is 28.8. The van der Waals surface area contributed by atoms with E-state index in [1.165, 1.54) is 0 Å². The zero-order valence-corrected chi connectivity index (χ0v) is 11.0. The van der Waals surface area contributed by atoms with Gasteiger partial charge in [-0.05, 0) is 0 Å². The van der Waals surface area contributed by atoms with Gasteiger partial charge >= 0.3 is 11.9 Å². The molecule has 0 radical (unpaired) electrons. The summed E-state index contributed by atoms with van der Waals surface area (Å²) in [6.45, 7) is 3.13. The van der Waals surface area contributed by atoms with Gasteiger partial charge in [0, 0.05) is 26.2 Å². The monoisotopic (exact) mass is 294 g/mol. The standard InChI is InChI=1S/C6H9NO6.C4H13N3/c7-3(8)1-6(13,5(11)12)2-4(9)10;5-1-3-7-4-2-6/h13H,1-2H2,(H2,7,8)(H,9,10)(H,11,12);7H,1-6H2. The summed E-state index contributed by atoms with van der Waals surface area (Å²) < 4.78 is 0. The number of rotatable bonds is 9. The molecule has 10 heteroatoms. The van der Waals surface area contributed by atoms with Crippen molar-refractivity contribution in [3.63, 3.8) is 0 Å². The largest absolute Gasteiger partial charge is 0.481 e. The maximum atomic E-state index is 10.4. The maximum Gasteiger partial charge on any atom is 0.336 e. The molecule has 1 amide bonds. The molecular weight excluding hydrogens is 272 g/mol. The highest BCUT2D eigenvalue weighted by Gasteiger charge is 2.40. The molecule has 10 N–H and O–H groups in total. The number of carboxylic acids is 2. The van der Waals surface area contributed by atoms with Gasteiger partial charge in [0.05, 0.1) is 12.8 Å². The fourth-order valence-corrected chi connectivity index (χ4v) is 1.08. The Morgan fingerprint density at radius 2 is 1.45 bits per heavy atom. The van der Waals surface area contributed by atoms with Crippen LogP contribution in [0.25, 0.3) is 0 Å². The van der Waals surface area contributed by atoms with Crippen LogP contribution in [-0.4, -0.2) is 64.9 Å². The number of nitrogens with two attached hydrogens (primary N) is 3. The fraction of sp³-hybridized carbons (Fsp3) is 0.700. The molecule has 0 aromatic heterocycles. The Hall–Kier alpha value is -1.75. The average molecular weight is 294 g/mol. The SMILES string of the molecule is NC(=O)CC(O)(CC(=O)O)C(=O)O.NCCNCCN. The Bertz CT molecular complexity index is 303. The zero-order chi connectivity index (χ0) is 16.2. The number of aliphatic hydroxyl groups is 1. The summed E-state index contributed by atoms with van der Waals surface area (Å²) in [4.78, 5) is 30.8. The van der Waals surface area contributed by atoms with Crippen LogP contribution in [0, 0.1) is 0 Å². The van der Waals surface area contributed by atoms with Gasteiger partial charge in [-0.25, -0.2) is 4.79 Å². The van der Waals surface area contributed by atoms with Crippen molar-refractivity contribution in [2.75, 3.05) is 26.2 Å². The highest BCUT2D eigenvalue weighted by atomic mass is 16.4. The molecule has 0 aromatic carbocycles. The third-order valence-electron chi connectivity index (χ3n) is 1.95. The summed E-state index contributed by atoms with van der Waals surface area (Å²) in [5.74, 6) is -4.38. The van der Waals surface area contributed by atoms with E-state index in [4.69, 9.17) is 26.8 Å². The number of hydrogen-bond acceptors (Lipinski definition) is 7. The lowest BCUT2D eigenvalue weighted by molar-refractivity contribution is -0.167. The first kappa shape index (κ1) is 20.6. The molecule has 20 heavy (non-hydrogen) atoms. The van der Waals surface area contributed by atoms with Gasteiger partial charge in [-0.2, -0.15) is 0 Å². The number of amides is 1. The molecule has 0 saturated heterocycles. The van der Waals surface area contributed by atoms with Crippen molar-refractivity contribution < 1.29 is 29.7 Å². The van der Waals surface area contributed by atoms with E-state index in [0.29, 0.717) is 13.1 Å². The number of nitrogens with one attached hydrogen (secondary N) is 1. The van der Waals surface area contributed by atoms with Crippen LogP contribution in [-0.2, 0) is 14.4 Å². The van der Waals surface area contributed by atoms with E-state index in [1.807, 2.05) is 0 Å². The van der Waals surface area contributed by atoms with Crippen LogP contribution in [0.3, 0.4) is 0 Å². The molecule has 1 unspecified atom stereocenters. The van der Waals surface area contributed by atoms with Crippen LogP contribution in [0.5, 0.6) is 0 Å². The summed E-state index contributed by atoms with van der Waals surface area (Å²) >= 11 is 0. The maximum absolute atomic E-state index is 10.4. The van der Waals surface area contributed by atoms with Crippen molar-refractivity contribution in [2.45, 2.75) is 18.4 Å². The summed E-state index contributed by atoms with van der Waals surface area (Å²) in [7, 11) is 0. The van der Waals surface area contributed by atoms with Crippen LogP contribution in [0.4, 0.5) is 0 Å². The third kappa shape index (κ3) is 11.3. The molecule has 0 aliphatic carbocycles. The molecule has 118 valence electrons. The number of carbonyl (C=O) groups is 3. The minimum absolute atomic E-state index is 0.694. The van der Waals surface area contributed by atoms with Crippen molar-refractivity contribution in [1.82, 2.24) is 5.32 Å². The molecule has 0 aromatic rings. The normalized spacial score (nSPS) is 12.8. The molecule has 0 bridgehead atoms. The smallest absolute Gasteiger partial charge is 0.336 e. The summed E-state index contributed by atoms with van der Waals surface area (Å²) in [6, 6.07) is 0. The summed E-state index contributed by atoms with van der Waals surface area (Å²) in [6.07, 6.45) is -1.99. The first-order valence-corrected chi connectivity index (χ1v) is 5.76. The number of aliphatic carboxylic acids is 2. The quantitative estimate of drug-likeness (QED) is 0.212. The third-order valence-corrected chi connectivity index (χ3v) is 1.95. The van der Waals surface area contributed by atoms with E-state index in [1.54, 1.807) is 0 Å². The zero-order valence-electron chi connectivity index (χ0n) is 11.0. The Labute approximate surface area is 115 Å². The molecule has 10 nitrogen and oxygen atoms in total. The van der Waals surface area contributed by atoms with E-state index in [-0.39, 0.29) is 0 Å². The van der Waals surface area contributed by atoms with Gasteiger partial charge < -0.3 is 37.8 Å². The highest BCUT2D eigenvalue weighted by Crippen LogP contribution is 2.15. The minimum atomic E-state index is -2.61. The van der Waals surface area contributed by atoms with Crippen molar-refractivity contribution in [1.29, 1.82) is 0 Å². The van der Waals surface area contributed by atoms with Gasteiger partial charge in [0.2, 0.25) is 5.91 Å². The lowest BCUT2D eigenvalue weighted by Crippen LogP contribution is -2.44. The fourth-order valence-electron chi connectivity index (χ4n) is 1.08. The van der Waals surface area contributed by atoms with Gasteiger partial charge in [-0.1, -0.05) is 0 Å². The van der Waals surface area contributed by atoms with E-state index in [2.05, 4.69) is 11.1 Å². The second-order valence-electron chi connectivity index (χ2n) is 3.88. The second-order valence-corrected chi connectivity index (χ2v) is 3.88. The highest BCUT2D eigenvalue weighted by molar-refractivity contribution is 5.89.